The van der Waals surface area contributed by atoms with E-state index in [1.54, 1.807) is 6.07 Å². The van der Waals surface area contributed by atoms with Gasteiger partial charge in [0, 0.05) is 42.0 Å². The molecule has 2 rings (SSSR count). The van der Waals surface area contributed by atoms with Crippen LogP contribution in [0.5, 0.6) is 0 Å². The summed E-state index contributed by atoms with van der Waals surface area (Å²) < 4.78 is 0. The van der Waals surface area contributed by atoms with Crippen molar-refractivity contribution in [2.75, 3.05) is 11.4 Å². The first-order valence-corrected chi connectivity index (χ1v) is 6.49. The average Bonchev–Trinajstić information content (AvgIpc) is 3.22. The molecule has 0 aromatic heterocycles. The molecule has 1 aliphatic carbocycles. The number of hydrogen-bond donors (Lipinski definition) is 1. The Bertz CT molecular complexity index is 564. The van der Waals surface area contributed by atoms with Gasteiger partial charge in [-0.2, -0.15) is 0 Å². The second kappa shape index (κ2) is 5.73. The molecule has 1 N–H and O–H groups in total. The van der Waals surface area contributed by atoms with Gasteiger partial charge in [-0.3, -0.25) is 10.1 Å². The van der Waals surface area contributed by atoms with E-state index in [9.17, 15) is 14.9 Å². The van der Waals surface area contributed by atoms with E-state index < -0.39 is 10.9 Å². The lowest BCUT2D eigenvalue weighted by molar-refractivity contribution is -0.384. The fourth-order valence-corrected chi connectivity index (χ4v) is 2.22. The van der Waals surface area contributed by atoms with Crippen LogP contribution in [0.25, 0.3) is 6.08 Å². The maximum atomic E-state index is 10.8. The topological polar surface area (TPSA) is 83.7 Å². The number of nitro groups is 1. The first kappa shape index (κ1) is 14.0. The molecule has 6 nitrogen and oxygen atoms in total. The van der Waals surface area contributed by atoms with Gasteiger partial charge in [-0.15, -0.1) is 0 Å². The minimum atomic E-state index is -1.07. The van der Waals surface area contributed by atoms with Crippen LogP contribution < -0.4 is 4.90 Å². The number of rotatable bonds is 6. The molecule has 0 atom stereocenters. The van der Waals surface area contributed by atoms with E-state index in [1.807, 2.05) is 6.92 Å². The predicted octanol–water partition coefficient (Wildman–Crippen LogP) is 2.68. The minimum Gasteiger partial charge on any atom is -0.478 e. The third kappa shape index (κ3) is 3.14. The number of anilines is 1. The summed E-state index contributed by atoms with van der Waals surface area (Å²) in [6, 6.07) is 5.03. The Balaban J connectivity index is 2.43. The fourth-order valence-electron chi connectivity index (χ4n) is 2.22. The molecule has 20 heavy (non-hydrogen) atoms. The van der Waals surface area contributed by atoms with Gasteiger partial charge in [0.05, 0.1) is 4.92 Å². The van der Waals surface area contributed by atoms with Crippen molar-refractivity contribution in [2.24, 2.45) is 0 Å². The van der Waals surface area contributed by atoms with Gasteiger partial charge >= 0.3 is 5.97 Å². The molecule has 1 saturated carbocycles. The van der Waals surface area contributed by atoms with Crippen molar-refractivity contribution in [3.8, 4) is 0 Å². The van der Waals surface area contributed by atoms with Gasteiger partial charge in [0.1, 0.15) is 0 Å². The van der Waals surface area contributed by atoms with E-state index in [1.165, 1.54) is 18.2 Å². The van der Waals surface area contributed by atoms with Crippen LogP contribution in [0.2, 0.25) is 0 Å². The Morgan fingerprint density at radius 1 is 1.55 bits per heavy atom. The van der Waals surface area contributed by atoms with Gasteiger partial charge in [0.2, 0.25) is 0 Å². The number of carbonyl (C=O) groups is 1. The highest BCUT2D eigenvalue weighted by molar-refractivity contribution is 5.87. The van der Waals surface area contributed by atoms with Gasteiger partial charge in [0.25, 0.3) is 5.69 Å². The van der Waals surface area contributed by atoms with E-state index in [0.717, 1.165) is 31.1 Å². The normalized spacial score (nSPS) is 14.4. The minimum absolute atomic E-state index is 0.0364. The monoisotopic (exact) mass is 276 g/mol. The van der Waals surface area contributed by atoms with Crippen LogP contribution in [0.3, 0.4) is 0 Å². The fraction of sp³-hybridized carbons (Fsp3) is 0.357. The lowest BCUT2D eigenvalue weighted by atomic mass is 10.1. The maximum Gasteiger partial charge on any atom is 0.328 e. The second-order valence-corrected chi connectivity index (χ2v) is 4.69. The van der Waals surface area contributed by atoms with Crippen molar-refractivity contribution in [1.82, 2.24) is 0 Å². The SMILES string of the molecule is CCN(c1ccc([N+](=O)[O-])cc1/C=C/C(=O)O)C1CC1. The number of nitrogens with zero attached hydrogens (tertiary/aromatic N) is 2. The molecule has 1 aromatic rings. The highest BCUT2D eigenvalue weighted by atomic mass is 16.6. The molecule has 1 aliphatic rings. The van der Waals surface area contributed by atoms with Crippen molar-refractivity contribution < 1.29 is 14.8 Å². The first-order chi connectivity index (χ1) is 9.52. The van der Waals surface area contributed by atoms with Crippen molar-refractivity contribution in [3.63, 3.8) is 0 Å². The number of non-ortho nitro benzene ring substituents is 1. The highest BCUT2D eigenvalue weighted by Gasteiger charge is 2.29. The third-order valence-corrected chi connectivity index (χ3v) is 3.27. The molecular weight excluding hydrogens is 260 g/mol. The molecule has 0 bridgehead atoms. The molecule has 6 heteroatoms. The highest BCUT2D eigenvalue weighted by Crippen LogP contribution is 2.35. The van der Waals surface area contributed by atoms with Crippen molar-refractivity contribution in [2.45, 2.75) is 25.8 Å². The Morgan fingerprint density at radius 2 is 2.25 bits per heavy atom. The van der Waals surface area contributed by atoms with Crippen LogP contribution in [-0.4, -0.2) is 28.6 Å². The summed E-state index contributed by atoms with van der Waals surface area (Å²) in [6.45, 7) is 2.81. The summed E-state index contributed by atoms with van der Waals surface area (Å²) in [4.78, 5) is 23.2. The van der Waals surface area contributed by atoms with E-state index in [2.05, 4.69) is 4.90 Å². The van der Waals surface area contributed by atoms with Crippen LogP contribution in [0.1, 0.15) is 25.3 Å². The predicted molar refractivity (Wildman–Crippen MR) is 75.8 cm³/mol. The number of hydrogen-bond acceptors (Lipinski definition) is 4. The van der Waals surface area contributed by atoms with Crippen LogP contribution in [0.15, 0.2) is 24.3 Å². The largest absolute Gasteiger partial charge is 0.478 e. The molecule has 0 amide bonds. The smallest absolute Gasteiger partial charge is 0.328 e. The zero-order valence-corrected chi connectivity index (χ0v) is 11.2. The first-order valence-electron chi connectivity index (χ1n) is 6.49. The number of aliphatic carboxylic acids is 1. The van der Waals surface area contributed by atoms with Gasteiger partial charge in [-0.25, -0.2) is 4.79 Å². The number of carboxylic acids is 1. The Hall–Kier alpha value is -2.37. The van der Waals surface area contributed by atoms with Gasteiger partial charge < -0.3 is 10.0 Å². The molecule has 1 aromatic carbocycles. The summed E-state index contributed by atoms with van der Waals surface area (Å²) in [5.41, 5.74) is 1.37. The van der Waals surface area contributed by atoms with E-state index in [0.29, 0.717) is 11.6 Å². The molecular formula is C14H16N2O4. The summed E-state index contributed by atoms with van der Waals surface area (Å²) in [6.07, 6.45) is 4.62. The molecule has 0 saturated heterocycles. The molecule has 0 spiro atoms. The average molecular weight is 276 g/mol. The Kier molecular flexibility index (Phi) is 4.02. The molecule has 106 valence electrons. The van der Waals surface area contributed by atoms with Gasteiger partial charge in [0.15, 0.2) is 0 Å². The Morgan fingerprint density at radius 3 is 2.75 bits per heavy atom. The van der Waals surface area contributed by atoms with Crippen molar-refractivity contribution in [1.29, 1.82) is 0 Å². The lowest BCUT2D eigenvalue weighted by Gasteiger charge is -2.24. The standard InChI is InChI=1S/C14H16N2O4/c1-2-15(11-4-5-11)13-7-6-12(16(19)20)9-10(13)3-8-14(17)18/h3,6-9,11H,2,4-5H2,1H3,(H,17,18)/b8-3+. The maximum absolute atomic E-state index is 10.8. The summed E-state index contributed by atoms with van der Waals surface area (Å²) >= 11 is 0. The van der Waals surface area contributed by atoms with Crippen LogP contribution in [0, 0.1) is 10.1 Å². The van der Waals surface area contributed by atoms with Crippen LogP contribution >= 0.6 is 0 Å². The molecule has 0 heterocycles. The zero-order valence-electron chi connectivity index (χ0n) is 11.2. The van der Waals surface area contributed by atoms with E-state index in [-0.39, 0.29) is 5.69 Å². The summed E-state index contributed by atoms with van der Waals surface area (Å²) in [5.74, 6) is -1.07. The second-order valence-electron chi connectivity index (χ2n) is 4.69. The van der Waals surface area contributed by atoms with E-state index in [4.69, 9.17) is 5.11 Å². The van der Waals surface area contributed by atoms with Crippen LogP contribution in [0.4, 0.5) is 11.4 Å². The molecule has 0 aliphatic heterocycles. The number of carboxylic acid groups (broad SMARTS) is 1. The third-order valence-electron chi connectivity index (χ3n) is 3.27. The molecule has 1 fully saturated rings. The lowest BCUT2D eigenvalue weighted by Crippen LogP contribution is -2.25. The van der Waals surface area contributed by atoms with E-state index >= 15 is 0 Å². The van der Waals surface area contributed by atoms with Crippen molar-refractivity contribution >= 4 is 23.4 Å². The number of benzene rings is 1. The Labute approximate surface area is 116 Å². The number of nitro benzene ring substituents is 1. The summed E-state index contributed by atoms with van der Waals surface area (Å²) in [5, 5.41) is 19.6. The molecule has 0 radical (unpaired) electrons. The van der Waals surface area contributed by atoms with Crippen molar-refractivity contribution in [3.05, 3.63) is 40.0 Å². The van der Waals surface area contributed by atoms with Gasteiger partial charge in [-0.1, -0.05) is 0 Å². The van der Waals surface area contributed by atoms with Crippen LogP contribution in [-0.2, 0) is 4.79 Å². The summed E-state index contributed by atoms with van der Waals surface area (Å²) in [7, 11) is 0. The van der Waals surface area contributed by atoms with Gasteiger partial charge in [-0.05, 0) is 31.9 Å². The molecule has 0 unspecified atom stereocenters. The zero-order chi connectivity index (χ0) is 14.7. The quantitative estimate of drug-likeness (QED) is 0.490.